The topological polar surface area (TPSA) is 26.3 Å². The molecule has 0 saturated heterocycles. The number of ether oxygens (including phenoxy) is 1. The lowest BCUT2D eigenvalue weighted by molar-refractivity contribution is 0.0723. The first-order chi connectivity index (χ1) is 18.7. The maximum atomic E-state index is 14.6. The molecule has 0 spiro atoms. The Kier molecular flexibility index (Phi) is 9.12. The van der Waals surface area contributed by atoms with E-state index >= 15 is 0 Å². The van der Waals surface area contributed by atoms with E-state index in [2.05, 4.69) is 35.9 Å². The maximum absolute atomic E-state index is 14.6. The average molecular weight is 539 g/mol. The third-order valence-corrected chi connectivity index (χ3v) is 6.46. The van der Waals surface area contributed by atoms with Crippen molar-refractivity contribution in [2.75, 3.05) is 0 Å². The van der Waals surface area contributed by atoms with E-state index in [0.29, 0.717) is 30.5 Å². The van der Waals surface area contributed by atoms with Crippen LogP contribution in [-0.2, 0) is 32.1 Å². The molecule has 0 N–H and O–H groups in total. The van der Waals surface area contributed by atoms with E-state index in [1.807, 2.05) is 24.3 Å². The average Bonchev–Trinajstić information content (AvgIpc) is 2.90. The normalized spacial score (nSPS) is 11.0. The molecule has 0 amide bonds. The number of carbonyl (C=O) groups is 1. The van der Waals surface area contributed by atoms with Gasteiger partial charge in [0.2, 0.25) is 0 Å². The summed E-state index contributed by atoms with van der Waals surface area (Å²) in [6.45, 7) is 2.16. The van der Waals surface area contributed by atoms with Crippen LogP contribution in [0.25, 0.3) is 0 Å². The van der Waals surface area contributed by atoms with Gasteiger partial charge < -0.3 is 4.74 Å². The van der Waals surface area contributed by atoms with Crippen molar-refractivity contribution in [1.82, 2.24) is 0 Å². The molecule has 0 fully saturated rings. The first kappa shape index (κ1) is 28.0. The van der Waals surface area contributed by atoms with Crippen LogP contribution in [0.3, 0.4) is 0 Å². The molecule has 0 bridgehead atoms. The lowest BCUT2D eigenvalue weighted by atomic mass is 9.99. The number of halogens is 5. The Hall–Kier alpha value is -4.00. The summed E-state index contributed by atoms with van der Waals surface area (Å²) >= 11 is 0. The summed E-state index contributed by atoms with van der Waals surface area (Å²) in [7, 11) is 0. The zero-order valence-corrected chi connectivity index (χ0v) is 21.4. The minimum atomic E-state index is -1.75. The highest BCUT2D eigenvalue weighted by Crippen LogP contribution is 2.23. The fourth-order valence-electron chi connectivity index (χ4n) is 4.33. The molecule has 0 atom stereocenters. The summed E-state index contributed by atoms with van der Waals surface area (Å²) in [6.07, 6.45) is 4.89. The van der Waals surface area contributed by atoms with Crippen LogP contribution in [-0.4, -0.2) is 5.97 Å². The summed E-state index contributed by atoms with van der Waals surface area (Å²) in [4.78, 5) is 12.2. The summed E-state index contributed by atoms with van der Waals surface area (Å²) in [5.41, 5.74) is 4.14. The van der Waals surface area contributed by atoms with Crippen LogP contribution < -0.4 is 4.74 Å². The Balaban J connectivity index is 1.33. The molecule has 0 aliphatic rings. The van der Waals surface area contributed by atoms with Gasteiger partial charge >= 0.3 is 5.97 Å². The standard InChI is InChI=1S/C32H27F5O2/c1-2-3-20-4-6-21(7-5-20)8-9-22-10-12-23(13-11-22)14-15-24-16-26(33)30(27(34)17-24)32(38)39-25-18-28(35)31(37)29(36)19-25/h4-7,10-13,16-19H,2-3,8-9,14-15H2,1H3. The fourth-order valence-corrected chi connectivity index (χ4v) is 4.33. The molecule has 0 saturated carbocycles. The number of aryl methyl sites for hydroxylation is 5. The number of carbonyl (C=O) groups excluding carboxylic acids is 1. The Labute approximate surface area is 224 Å². The molecule has 0 aromatic heterocycles. The highest BCUT2D eigenvalue weighted by atomic mass is 19.2. The molecule has 4 rings (SSSR count). The van der Waals surface area contributed by atoms with Gasteiger partial charge in [-0.15, -0.1) is 0 Å². The van der Waals surface area contributed by atoms with E-state index in [9.17, 15) is 26.7 Å². The molecule has 0 heterocycles. The van der Waals surface area contributed by atoms with Crippen molar-refractivity contribution in [3.05, 3.63) is 135 Å². The van der Waals surface area contributed by atoms with E-state index in [1.165, 1.54) is 16.7 Å². The van der Waals surface area contributed by atoms with Gasteiger partial charge in [0.1, 0.15) is 22.9 Å². The molecular weight excluding hydrogens is 511 g/mol. The van der Waals surface area contributed by atoms with Gasteiger partial charge in [-0.3, -0.25) is 0 Å². The van der Waals surface area contributed by atoms with E-state index in [-0.39, 0.29) is 0 Å². The Morgan fingerprint density at radius 1 is 0.564 bits per heavy atom. The van der Waals surface area contributed by atoms with Crippen LogP contribution in [0.1, 0.15) is 51.5 Å². The fraction of sp³-hybridized carbons (Fsp3) is 0.219. The van der Waals surface area contributed by atoms with E-state index < -0.39 is 46.4 Å². The van der Waals surface area contributed by atoms with Gasteiger partial charge in [-0.2, -0.15) is 0 Å². The van der Waals surface area contributed by atoms with Crippen molar-refractivity contribution in [1.29, 1.82) is 0 Å². The quantitative estimate of drug-likeness (QED) is 0.0882. The predicted molar refractivity (Wildman–Crippen MR) is 139 cm³/mol. The Morgan fingerprint density at radius 2 is 0.949 bits per heavy atom. The van der Waals surface area contributed by atoms with Crippen LogP contribution in [0.15, 0.2) is 72.8 Å². The van der Waals surface area contributed by atoms with Crippen molar-refractivity contribution in [3.8, 4) is 5.75 Å². The Morgan fingerprint density at radius 3 is 1.36 bits per heavy atom. The number of hydrogen-bond donors (Lipinski definition) is 0. The van der Waals surface area contributed by atoms with E-state index in [1.54, 1.807) is 0 Å². The first-order valence-corrected chi connectivity index (χ1v) is 12.7. The molecule has 0 aliphatic carbocycles. The van der Waals surface area contributed by atoms with Gasteiger partial charge in [0.15, 0.2) is 17.5 Å². The van der Waals surface area contributed by atoms with E-state index in [4.69, 9.17) is 0 Å². The SMILES string of the molecule is CCCc1ccc(CCc2ccc(CCc3cc(F)c(C(=O)Oc4cc(F)c(F)c(F)c4)c(F)c3)cc2)cc1. The van der Waals surface area contributed by atoms with Crippen molar-refractivity contribution >= 4 is 5.97 Å². The van der Waals surface area contributed by atoms with Crippen molar-refractivity contribution in [2.24, 2.45) is 0 Å². The first-order valence-electron chi connectivity index (χ1n) is 12.7. The zero-order chi connectivity index (χ0) is 27.9. The second-order valence-corrected chi connectivity index (χ2v) is 9.41. The van der Waals surface area contributed by atoms with Gasteiger partial charge in [-0.1, -0.05) is 61.9 Å². The second kappa shape index (κ2) is 12.7. The molecule has 39 heavy (non-hydrogen) atoms. The van der Waals surface area contributed by atoms with Crippen molar-refractivity contribution in [3.63, 3.8) is 0 Å². The molecule has 7 heteroatoms. The number of rotatable bonds is 10. The number of hydrogen-bond acceptors (Lipinski definition) is 2. The summed E-state index contributed by atoms with van der Waals surface area (Å²) in [6, 6.07) is 19.6. The molecule has 0 aliphatic heterocycles. The molecule has 202 valence electrons. The van der Waals surface area contributed by atoms with Crippen molar-refractivity contribution < 1.29 is 31.5 Å². The molecule has 0 radical (unpaired) electrons. The van der Waals surface area contributed by atoms with Gasteiger partial charge in [0, 0.05) is 12.1 Å². The summed E-state index contributed by atoms with van der Waals surface area (Å²) < 4.78 is 73.6. The van der Waals surface area contributed by atoms with Crippen LogP contribution in [0, 0.1) is 29.1 Å². The number of esters is 1. The zero-order valence-electron chi connectivity index (χ0n) is 21.4. The van der Waals surface area contributed by atoms with Crippen LogP contribution in [0.2, 0.25) is 0 Å². The summed E-state index contributed by atoms with van der Waals surface area (Å²) in [5, 5.41) is 0. The number of benzene rings is 4. The minimum absolute atomic E-state index is 0.320. The summed E-state index contributed by atoms with van der Waals surface area (Å²) in [5.74, 6) is -9.49. The predicted octanol–water partition coefficient (Wildman–Crippen LogP) is 8.12. The van der Waals surface area contributed by atoms with Gasteiger partial charge in [0.05, 0.1) is 0 Å². The smallest absolute Gasteiger partial charge is 0.349 e. The lowest BCUT2D eigenvalue weighted by Gasteiger charge is -2.10. The third-order valence-electron chi connectivity index (χ3n) is 6.46. The molecule has 4 aromatic rings. The maximum Gasteiger partial charge on any atom is 0.349 e. The van der Waals surface area contributed by atoms with Crippen LogP contribution >= 0.6 is 0 Å². The molecular formula is C32H27F5O2. The van der Waals surface area contributed by atoms with Crippen molar-refractivity contribution in [2.45, 2.75) is 45.4 Å². The second-order valence-electron chi connectivity index (χ2n) is 9.41. The molecule has 2 nitrogen and oxygen atoms in total. The lowest BCUT2D eigenvalue weighted by Crippen LogP contribution is -2.14. The van der Waals surface area contributed by atoms with Crippen LogP contribution in [0.5, 0.6) is 5.75 Å². The molecule has 4 aromatic carbocycles. The van der Waals surface area contributed by atoms with Gasteiger partial charge in [0.25, 0.3) is 0 Å². The van der Waals surface area contributed by atoms with Crippen LogP contribution in [0.4, 0.5) is 22.0 Å². The molecule has 0 unspecified atom stereocenters. The minimum Gasteiger partial charge on any atom is -0.423 e. The monoisotopic (exact) mass is 538 g/mol. The Bertz CT molecular complexity index is 1400. The highest BCUT2D eigenvalue weighted by molar-refractivity contribution is 5.91. The third kappa shape index (κ3) is 7.31. The largest absolute Gasteiger partial charge is 0.423 e. The van der Waals surface area contributed by atoms with Gasteiger partial charge in [-0.05, 0) is 72.1 Å². The highest BCUT2D eigenvalue weighted by Gasteiger charge is 2.22. The van der Waals surface area contributed by atoms with E-state index in [0.717, 1.165) is 43.4 Å². The van der Waals surface area contributed by atoms with Gasteiger partial charge in [-0.25, -0.2) is 26.7 Å².